The smallest absolute Gasteiger partial charge is 0.328 e. The quantitative estimate of drug-likeness (QED) is 0.497. The van der Waals surface area contributed by atoms with Gasteiger partial charge in [0.25, 0.3) is 5.91 Å². The molecule has 1 amide bonds. The maximum absolute atomic E-state index is 12.9. The highest BCUT2D eigenvalue weighted by molar-refractivity contribution is 7.89. The molecule has 0 spiro atoms. The van der Waals surface area contributed by atoms with Crippen LogP contribution in [0.25, 0.3) is 10.9 Å². The lowest BCUT2D eigenvalue weighted by Crippen LogP contribution is -2.43. The van der Waals surface area contributed by atoms with Crippen molar-refractivity contribution in [3.63, 3.8) is 0 Å². The fourth-order valence-corrected chi connectivity index (χ4v) is 4.39. The number of benzene rings is 2. The first kappa shape index (κ1) is 23.3. The number of nitrogens with zero attached hydrogens (tertiary/aromatic N) is 1. The van der Waals surface area contributed by atoms with Gasteiger partial charge >= 0.3 is 5.97 Å². The number of aromatic amines is 1. The second kappa shape index (κ2) is 9.41. The molecule has 9 nitrogen and oxygen atoms in total. The van der Waals surface area contributed by atoms with Crippen molar-refractivity contribution < 1.29 is 27.5 Å². The third-order valence-corrected chi connectivity index (χ3v) is 6.91. The number of rotatable bonds is 8. The number of para-hydroxylation sites is 1. The Hall–Kier alpha value is -3.37. The highest BCUT2D eigenvalue weighted by Crippen LogP contribution is 2.27. The van der Waals surface area contributed by atoms with Crippen LogP contribution in [0.1, 0.15) is 15.9 Å². The van der Waals surface area contributed by atoms with Gasteiger partial charge in [-0.05, 0) is 29.8 Å². The average Bonchev–Trinajstić information content (AvgIpc) is 3.20. The molecule has 0 fully saturated rings. The number of carbonyl (C=O) groups excluding carboxylic acids is 2. The van der Waals surface area contributed by atoms with E-state index in [0.29, 0.717) is 0 Å². The number of aromatic nitrogens is 1. The Morgan fingerprint density at radius 2 is 1.84 bits per heavy atom. The van der Waals surface area contributed by atoms with Crippen LogP contribution in [-0.2, 0) is 26.0 Å². The number of amides is 1. The zero-order valence-electron chi connectivity index (χ0n) is 18.2. The van der Waals surface area contributed by atoms with E-state index < -0.39 is 27.9 Å². The predicted molar refractivity (Wildman–Crippen MR) is 119 cm³/mol. The van der Waals surface area contributed by atoms with Crippen LogP contribution in [0.5, 0.6) is 5.75 Å². The molecule has 170 valence electrons. The average molecular weight is 460 g/mol. The van der Waals surface area contributed by atoms with Gasteiger partial charge in [-0.2, -0.15) is 0 Å². The van der Waals surface area contributed by atoms with Crippen molar-refractivity contribution in [1.29, 1.82) is 0 Å². The van der Waals surface area contributed by atoms with Crippen molar-refractivity contribution >= 4 is 32.8 Å². The summed E-state index contributed by atoms with van der Waals surface area (Å²) in [4.78, 5) is 28.3. The van der Waals surface area contributed by atoms with Crippen LogP contribution in [0.2, 0.25) is 0 Å². The van der Waals surface area contributed by atoms with Crippen LogP contribution >= 0.6 is 0 Å². The number of nitrogens with one attached hydrogen (secondary N) is 2. The molecule has 0 aliphatic rings. The van der Waals surface area contributed by atoms with Gasteiger partial charge in [-0.1, -0.05) is 18.2 Å². The van der Waals surface area contributed by atoms with Crippen molar-refractivity contribution in [2.75, 3.05) is 28.3 Å². The van der Waals surface area contributed by atoms with Gasteiger partial charge in [0.1, 0.15) is 16.7 Å². The van der Waals surface area contributed by atoms with Crippen LogP contribution < -0.4 is 10.1 Å². The lowest BCUT2D eigenvalue weighted by molar-refractivity contribution is -0.142. The monoisotopic (exact) mass is 459 g/mol. The van der Waals surface area contributed by atoms with Gasteiger partial charge in [0.15, 0.2) is 0 Å². The summed E-state index contributed by atoms with van der Waals surface area (Å²) < 4.78 is 36.3. The van der Waals surface area contributed by atoms with Crippen molar-refractivity contribution in [2.24, 2.45) is 0 Å². The molecular formula is C22H25N3O6S. The van der Waals surface area contributed by atoms with E-state index in [1.54, 1.807) is 6.20 Å². The molecule has 0 saturated heterocycles. The third-order valence-electron chi connectivity index (χ3n) is 5.07. The maximum atomic E-state index is 12.9. The topological polar surface area (TPSA) is 118 Å². The van der Waals surface area contributed by atoms with Gasteiger partial charge in [-0.15, -0.1) is 0 Å². The summed E-state index contributed by atoms with van der Waals surface area (Å²) in [6.45, 7) is 0. The number of methoxy groups -OCH3 is 2. The van der Waals surface area contributed by atoms with Gasteiger partial charge in [0, 0.05) is 43.2 Å². The number of fused-ring (bicyclic) bond motifs is 1. The molecule has 0 aliphatic heterocycles. The molecule has 32 heavy (non-hydrogen) atoms. The van der Waals surface area contributed by atoms with Crippen LogP contribution in [0.15, 0.2) is 53.6 Å². The minimum Gasteiger partial charge on any atom is -0.495 e. The summed E-state index contributed by atoms with van der Waals surface area (Å²) in [6, 6.07) is 10.7. The second-order valence-electron chi connectivity index (χ2n) is 7.27. The molecule has 1 heterocycles. The number of hydrogen-bond donors (Lipinski definition) is 2. The summed E-state index contributed by atoms with van der Waals surface area (Å²) in [5.41, 5.74) is 1.81. The van der Waals surface area contributed by atoms with E-state index in [1.165, 1.54) is 46.5 Å². The molecule has 10 heteroatoms. The van der Waals surface area contributed by atoms with Crippen LogP contribution in [-0.4, -0.2) is 63.9 Å². The van der Waals surface area contributed by atoms with E-state index in [1.807, 2.05) is 24.3 Å². The minimum atomic E-state index is -3.86. The molecule has 1 unspecified atom stereocenters. The summed E-state index contributed by atoms with van der Waals surface area (Å²) >= 11 is 0. The zero-order valence-corrected chi connectivity index (χ0v) is 19.0. The first-order valence-corrected chi connectivity index (χ1v) is 11.2. The molecule has 3 aromatic rings. The number of ether oxygens (including phenoxy) is 2. The molecule has 1 atom stereocenters. The molecule has 2 N–H and O–H groups in total. The minimum absolute atomic E-state index is 0.0686. The van der Waals surface area contributed by atoms with E-state index in [2.05, 4.69) is 10.3 Å². The fraction of sp³-hybridized carbons (Fsp3) is 0.273. The molecule has 1 aromatic heterocycles. The Kier molecular flexibility index (Phi) is 6.85. The second-order valence-corrected chi connectivity index (χ2v) is 9.39. The standard InChI is InChI=1S/C22H25N3O6S/c1-25(2)32(28,29)20-12-14(9-10-19(20)30-3)21(26)24-18(22(27)31-4)11-15-13-23-17-8-6-5-7-16(15)17/h5-10,12-13,18,23H,11H2,1-4H3,(H,24,26). The molecule has 0 bridgehead atoms. The van der Waals surface area contributed by atoms with E-state index in [0.717, 1.165) is 20.8 Å². The van der Waals surface area contributed by atoms with Crippen molar-refractivity contribution in [2.45, 2.75) is 17.4 Å². The van der Waals surface area contributed by atoms with Crippen LogP contribution in [0, 0.1) is 0 Å². The molecular weight excluding hydrogens is 434 g/mol. The normalized spacial score (nSPS) is 12.5. The number of esters is 1. The zero-order chi connectivity index (χ0) is 23.5. The Balaban J connectivity index is 1.91. The van der Waals surface area contributed by atoms with Crippen molar-refractivity contribution in [3.8, 4) is 5.75 Å². The Morgan fingerprint density at radius 1 is 1.12 bits per heavy atom. The third kappa shape index (κ3) is 4.61. The molecule has 2 aromatic carbocycles. The Labute approximate surface area is 186 Å². The molecule has 0 saturated carbocycles. The van der Waals surface area contributed by atoms with Gasteiger partial charge in [-0.25, -0.2) is 17.5 Å². The van der Waals surface area contributed by atoms with Gasteiger partial charge in [-0.3, -0.25) is 4.79 Å². The highest BCUT2D eigenvalue weighted by Gasteiger charge is 2.27. The maximum Gasteiger partial charge on any atom is 0.328 e. The van der Waals surface area contributed by atoms with E-state index >= 15 is 0 Å². The summed E-state index contributed by atoms with van der Waals surface area (Å²) in [5, 5.41) is 3.59. The number of hydrogen-bond acceptors (Lipinski definition) is 6. The van der Waals surface area contributed by atoms with Crippen molar-refractivity contribution in [1.82, 2.24) is 14.6 Å². The number of H-pyrrole nitrogens is 1. The Bertz CT molecular complexity index is 1250. The largest absolute Gasteiger partial charge is 0.495 e. The summed E-state index contributed by atoms with van der Waals surface area (Å²) in [6.07, 6.45) is 1.98. The van der Waals surface area contributed by atoms with Crippen LogP contribution in [0.4, 0.5) is 0 Å². The fourth-order valence-electron chi connectivity index (χ4n) is 3.31. The molecule has 3 rings (SSSR count). The van der Waals surface area contributed by atoms with E-state index in [9.17, 15) is 18.0 Å². The SMILES string of the molecule is COC(=O)C(Cc1c[nH]c2ccccc12)NC(=O)c1ccc(OC)c(S(=O)(=O)N(C)C)c1. The van der Waals surface area contributed by atoms with Gasteiger partial charge < -0.3 is 19.8 Å². The summed E-state index contributed by atoms with van der Waals surface area (Å²) in [7, 11) is 1.50. The van der Waals surface area contributed by atoms with Crippen LogP contribution in [0.3, 0.4) is 0 Å². The number of sulfonamides is 1. The lowest BCUT2D eigenvalue weighted by Gasteiger charge is -2.18. The molecule has 0 aliphatic carbocycles. The van der Waals surface area contributed by atoms with E-state index in [-0.39, 0.29) is 22.6 Å². The highest BCUT2D eigenvalue weighted by atomic mass is 32.2. The predicted octanol–water partition coefficient (Wildman–Crippen LogP) is 1.94. The van der Waals surface area contributed by atoms with Crippen molar-refractivity contribution in [3.05, 3.63) is 59.8 Å². The van der Waals surface area contributed by atoms with Gasteiger partial charge in [0.2, 0.25) is 10.0 Å². The Morgan fingerprint density at radius 3 is 2.50 bits per heavy atom. The van der Waals surface area contributed by atoms with Gasteiger partial charge in [0.05, 0.1) is 14.2 Å². The molecule has 0 radical (unpaired) electrons. The first-order valence-electron chi connectivity index (χ1n) is 9.73. The lowest BCUT2D eigenvalue weighted by atomic mass is 10.0. The summed E-state index contributed by atoms with van der Waals surface area (Å²) in [5.74, 6) is -1.12. The number of carbonyl (C=O) groups is 2. The first-order chi connectivity index (χ1) is 15.2. The van der Waals surface area contributed by atoms with E-state index in [4.69, 9.17) is 9.47 Å².